The van der Waals surface area contributed by atoms with Crippen molar-refractivity contribution in [1.82, 2.24) is 4.98 Å². The molecule has 4 heteroatoms. The molecule has 2 aliphatic rings. The van der Waals surface area contributed by atoms with Crippen LogP contribution in [-0.2, 0) is 4.74 Å². The lowest BCUT2D eigenvalue weighted by atomic mass is 9.93. The van der Waals surface area contributed by atoms with Crippen LogP contribution < -0.4 is 5.32 Å². The van der Waals surface area contributed by atoms with Crippen LogP contribution in [0.3, 0.4) is 0 Å². The number of carbonyl (C=O) groups is 1. The van der Waals surface area contributed by atoms with E-state index in [2.05, 4.69) is 16.4 Å². The van der Waals surface area contributed by atoms with E-state index in [1.165, 1.54) is 44.8 Å². The molecule has 96 valence electrons. The van der Waals surface area contributed by atoms with Crippen molar-refractivity contribution in [2.75, 3.05) is 12.4 Å². The maximum atomic E-state index is 11.7. The molecule has 0 aliphatic heterocycles. The van der Waals surface area contributed by atoms with Crippen molar-refractivity contribution in [2.45, 2.75) is 44.1 Å². The van der Waals surface area contributed by atoms with Crippen LogP contribution in [0.25, 0.3) is 0 Å². The first-order valence-corrected chi connectivity index (χ1v) is 6.62. The number of aromatic nitrogens is 1. The van der Waals surface area contributed by atoms with Crippen LogP contribution in [-0.4, -0.2) is 24.1 Å². The highest BCUT2D eigenvalue weighted by molar-refractivity contribution is 5.93. The van der Waals surface area contributed by atoms with Gasteiger partial charge >= 0.3 is 5.97 Å². The fraction of sp³-hybridized carbons (Fsp3) is 0.571. The van der Waals surface area contributed by atoms with Gasteiger partial charge in [0.25, 0.3) is 0 Å². The summed E-state index contributed by atoms with van der Waals surface area (Å²) in [7, 11) is 1.39. The van der Waals surface area contributed by atoms with Crippen molar-refractivity contribution in [3.63, 3.8) is 0 Å². The summed E-state index contributed by atoms with van der Waals surface area (Å²) in [6.07, 6.45) is 7.91. The molecule has 1 heterocycles. The Bertz CT molecular complexity index is 465. The van der Waals surface area contributed by atoms with Crippen LogP contribution in [0.15, 0.2) is 12.3 Å². The van der Waals surface area contributed by atoms with Crippen molar-refractivity contribution in [1.29, 1.82) is 0 Å². The Morgan fingerprint density at radius 1 is 1.39 bits per heavy atom. The molecule has 0 atom stereocenters. The highest BCUT2D eigenvalue weighted by Crippen LogP contribution is 2.41. The van der Waals surface area contributed by atoms with Gasteiger partial charge in [0.1, 0.15) is 0 Å². The maximum Gasteiger partial charge on any atom is 0.358 e. The molecule has 3 rings (SSSR count). The summed E-state index contributed by atoms with van der Waals surface area (Å²) in [6, 6.07) is 2.57. The number of methoxy groups -OCH3 is 1. The van der Waals surface area contributed by atoms with Crippen LogP contribution in [0.1, 0.15) is 54.1 Å². The number of pyridine rings is 1. The molecule has 0 bridgehead atoms. The average molecular weight is 246 g/mol. The monoisotopic (exact) mass is 246 g/mol. The number of hydrogen-bond acceptors (Lipinski definition) is 4. The molecule has 0 unspecified atom stereocenters. The third kappa shape index (κ3) is 2.19. The molecule has 0 aromatic carbocycles. The van der Waals surface area contributed by atoms with Crippen molar-refractivity contribution < 1.29 is 9.53 Å². The fourth-order valence-electron chi connectivity index (χ4n) is 2.26. The fourth-order valence-corrected chi connectivity index (χ4v) is 2.26. The van der Waals surface area contributed by atoms with Gasteiger partial charge in [-0.15, -0.1) is 0 Å². The normalized spacial score (nSPS) is 19.2. The van der Waals surface area contributed by atoms with Crippen LogP contribution in [0, 0.1) is 0 Å². The number of esters is 1. The van der Waals surface area contributed by atoms with E-state index in [4.69, 9.17) is 4.74 Å². The van der Waals surface area contributed by atoms with E-state index in [9.17, 15) is 4.79 Å². The molecule has 2 saturated carbocycles. The van der Waals surface area contributed by atoms with Crippen molar-refractivity contribution in [3.05, 3.63) is 23.5 Å². The number of rotatable bonds is 4. The Hall–Kier alpha value is -1.58. The lowest BCUT2D eigenvalue weighted by molar-refractivity contribution is 0.0595. The highest BCUT2D eigenvalue weighted by atomic mass is 16.5. The molecular weight excluding hydrogens is 228 g/mol. The van der Waals surface area contributed by atoms with Crippen molar-refractivity contribution in [3.8, 4) is 0 Å². The van der Waals surface area contributed by atoms with Crippen LogP contribution in [0.4, 0.5) is 5.69 Å². The van der Waals surface area contributed by atoms with Crippen LogP contribution in [0.5, 0.6) is 0 Å². The summed E-state index contributed by atoms with van der Waals surface area (Å²) >= 11 is 0. The highest BCUT2D eigenvalue weighted by Gasteiger charge is 2.27. The van der Waals surface area contributed by atoms with Gasteiger partial charge in [-0.1, -0.05) is 0 Å². The van der Waals surface area contributed by atoms with Gasteiger partial charge in [0, 0.05) is 12.2 Å². The number of nitrogens with one attached hydrogen (secondary N) is 1. The van der Waals surface area contributed by atoms with Gasteiger partial charge in [0.05, 0.1) is 12.8 Å². The number of anilines is 1. The molecule has 2 aliphatic carbocycles. The first-order valence-electron chi connectivity index (χ1n) is 6.62. The predicted molar refractivity (Wildman–Crippen MR) is 68.8 cm³/mol. The third-order valence-corrected chi connectivity index (χ3v) is 3.80. The molecule has 1 aromatic rings. The van der Waals surface area contributed by atoms with Gasteiger partial charge in [0.15, 0.2) is 5.69 Å². The first-order chi connectivity index (χ1) is 8.78. The molecule has 2 fully saturated rings. The Balaban J connectivity index is 1.88. The van der Waals surface area contributed by atoms with E-state index < -0.39 is 0 Å². The van der Waals surface area contributed by atoms with Gasteiger partial charge in [-0.05, 0) is 49.7 Å². The summed E-state index contributed by atoms with van der Waals surface area (Å²) in [4.78, 5) is 16.0. The van der Waals surface area contributed by atoms with E-state index in [0.29, 0.717) is 17.7 Å². The van der Waals surface area contributed by atoms with Gasteiger partial charge in [-0.25, -0.2) is 9.78 Å². The molecule has 4 nitrogen and oxygen atoms in total. The van der Waals surface area contributed by atoms with Crippen molar-refractivity contribution in [2.24, 2.45) is 0 Å². The topological polar surface area (TPSA) is 51.2 Å². The zero-order valence-corrected chi connectivity index (χ0v) is 10.6. The molecular formula is C14H18N2O2. The minimum atomic E-state index is -0.362. The number of hydrogen-bond donors (Lipinski definition) is 1. The molecule has 0 amide bonds. The van der Waals surface area contributed by atoms with Gasteiger partial charge in [0.2, 0.25) is 0 Å². The molecule has 1 aromatic heterocycles. The summed E-state index contributed by atoms with van der Waals surface area (Å²) < 4.78 is 4.78. The zero-order valence-electron chi connectivity index (χ0n) is 10.6. The lowest BCUT2D eigenvalue weighted by Gasteiger charge is -2.28. The summed E-state index contributed by atoms with van der Waals surface area (Å²) in [5.41, 5.74) is 2.49. The Morgan fingerprint density at radius 3 is 2.72 bits per heavy atom. The molecule has 0 radical (unpaired) electrons. The maximum absolute atomic E-state index is 11.7. The largest absolute Gasteiger partial charge is 0.464 e. The summed E-state index contributed by atoms with van der Waals surface area (Å²) in [6.45, 7) is 0. The minimum absolute atomic E-state index is 0.362. The van der Waals surface area contributed by atoms with Gasteiger partial charge in [-0.3, -0.25) is 0 Å². The van der Waals surface area contributed by atoms with E-state index in [1.54, 1.807) is 0 Å². The van der Waals surface area contributed by atoms with Crippen LogP contribution in [0.2, 0.25) is 0 Å². The number of carbonyl (C=O) groups excluding carboxylic acids is 1. The SMILES string of the molecule is COC(=O)c1ncc(C2CC2)cc1NC1CCC1. The molecule has 0 spiro atoms. The van der Waals surface area contributed by atoms with Gasteiger partial charge in [-0.2, -0.15) is 0 Å². The molecule has 18 heavy (non-hydrogen) atoms. The summed E-state index contributed by atoms with van der Waals surface area (Å²) in [5, 5.41) is 3.42. The smallest absolute Gasteiger partial charge is 0.358 e. The number of ether oxygens (including phenoxy) is 1. The quantitative estimate of drug-likeness (QED) is 0.830. The van der Waals surface area contributed by atoms with E-state index in [1.807, 2.05) is 6.20 Å². The average Bonchev–Trinajstić information content (AvgIpc) is 3.17. The number of nitrogens with zero attached hydrogens (tertiary/aromatic N) is 1. The third-order valence-electron chi connectivity index (χ3n) is 3.80. The Kier molecular flexibility index (Phi) is 2.94. The lowest BCUT2D eigenvalue weighted by Crippen LogP contribution is -2.28. The second kappa shape index (κ2) is 4.59. The van der Waals surface area contributed by atoms with E-state index >= 15 is 0 Å². The second-order valence-corrected chi connectivity index (χ2v) is 5.20. The second-order valence-electron chi connectivity index (χ2n) is 5.20. The Morgan fingerprint density at radius 2 is 2.17 bits per heavy atom. The van der Waals surface area contributed by atoms with E-state index in [-0.39, 0.29) is 5.97 Å². The molecule has 0 saturated heterocycles. The van der Waals surface area contributed by atoms with E-state index in [0.717, 1.165) is 5.69 Å². The molecule has 1 N–H and O–H groups in total. The van der Waals surface area contributed by atoms with Crippen LogP contribution >= 0.6 is 0 Å². The standard InChI is InChI=1S/C14H18N2O2/c1-18-14(17)13-12(16-11-3-2-4-11)7-10(8-15-13)9-5-6-9/h7-9,11,16H,2-6H2,1H3. The van der Waals surface area contributed by atoms with Crippen molar-refractivity contribution >= 4 is 11.7 Å². The predicted octanol–water partition coefficient (Wildman–Crippen LogP) is 2.71. The first kappa shape index (κ1) is 11.5. The summed E-state index contributed by atoms with van der Waals surface area (Å²) in [5.74, 6) is 0.283. The Labute approximate surface area is 107 Å². The van der Waals surface area contributed by atoms with Gasteiger partial charge < -0.3 is 10.1 Å². The zero-order chi connectivity index (χ0) is 12.5. The minimum Gasteiger partial charge on any atom is -0.464 e.